The summed E-state index contributed by atoms with van der Waals surface area (Å²) in [7, 11) is 3.08. The molecule has 2 rings (SSSR count). The first-order valence-corrected chi connectivity index (χ1v) is 7.33. The Kier molecular flexibility index (Phi) is 4.35. The predicted molar refractivity (Wildman–Crippen MR) is 82.3 cm³/mol. The molecule has 114 valence electrons. The van der Waals surface area contributed by atoms with Crippen LogP contribution in [0.2, 0.25) is 0 Å². The highest BCUT2D eigenvalue weighted by Gasteiger charge is 2.41. The van der Waals surface area contributed by atoms with Gasteiger partial charge in [-0.05, 0) is 30.4 Å². The van der Waals surface area contributed by atoms with Gasteiger partial charge in [0.25, 0.3) is 0 Å². The zero-order chi connectivity index (χ0) is 15.6. The molecule has 1 aromatic carbocycles. The SMILES string of the molecule is COC(=O)c1ccccc1N(C)C(=O)C1CCCC1(C)C. The number of esters is 1. The Labute approximate surface area is 126 Å². The molecule has 0 N–H and O–H groups in total. The first kappa shape index (κ1) is 15.5. The average molecular weight is 289 g/mol. The molecule has 0 spiro atoms. The summed E-state index contributed by atoms with van der Waals surface area (Å²) < 4.78 is 4.80. The van der Waals surface area contributed by atoms with Crippen LogP contribution in [-0.2, 0) is 9.53 Å². The molecular weight excluding hydrogens is 266 g/mol. The van der Waals surface area contributed by atoms with E-state index < -0.39 is 5.97 Å². The maximum atomic E-state index is 12.8. The van der Waals surface area contributed by atoms with Gasteiger partial charge in [-0.3, -0.25) is 4.79 Å². The van der Waals surface area contributed by atoms with Gasteiger partial charge in [0, 0.05) is 13.0 Å². The molecule has 1 aromatic rings. The van der Waals surface area contributed by atoms with Crippen LogP contribution in [0.1, 0.15) is 43.5 Å². The van der Waals surface area contributed by atoms with Crippen molar-refractivity contribution in [3.63, 3.8) is 0 Å². The van der Waals surface area contributed by atoms with E-state index in [1.165, 1.54) is 7.11 Å². The van der Waals surface area contributed by atoms with E-state index in [-0.39, 0.29) is 17.2 Å². The smallest absolute Gasteiger partial charge is 0.339 e. The molecule has 0 bridgehead atoms. The van der Waals surface area contributed by atoms with Crippen LogP contribution in [0.25, 0.3) is 0 Å². The van der Waals surface area contributed by atoms with Crippen LogP contribution in [-0.4, -0.2) is 26.0 Å². The number of hydrogen-bond acceptors (Lipinski definition) is 3. The molecule has 0 aliphatic heterocycles. The van der Waals surface area contributed by atoms with Gasteiger partial charge in [-0.25, -0.2) is 4.79 Å². The lowest BCUT2D eigenvalue weighted by atomic mass is 9.81. The second-order valence-corrected chi connectivity index (χ2v) is 6.34. The number of benzene rings is 1. The molecule has 1 amide bonds. The third kappa shape index (κ3) is 2.94. The third-order valence-electron chi connectivity index (χ3n) is 4.56. The number of carbonyl (C=O) groups excluding carboxylic acids is 2. The van der Waals surface area contributed by atoms with Gasteiger partial charge in [0.15, 0.2) is 0 Å². The summed E-state index contributed by atoms with van der Waals surface area (Å²) in [6, 6.07) is 7.07. The molecule has 1 aliphatic rings. The summed E-state index contributed by atoms with van der Waals surface area (Å²) in [6.45, 7) is 4.28. The lowest BCUT2D eigenvalue weighted by molar-refractivity contribution is -0.124. The number of nitrogens with zero attached hydrogens (tertiary/aromatic N) is 1. The summed E-state index contributed by atoms with van der Waals surface area (Å²) >= 11 is 0. The molecular formula is C17H23NO3. The van der Waals surface area contributed by atoms with E-state index in [1.54, 1.807) is 30.1 Å². The first-order valence-electron chi connectivity index (χ1n) is 7.33. The molecule has 0 saturated heterocycles. The van der Waals surface area contributed by atoms with Gasteiger partial charge in [0.05, 0.1) is 18.4 Å². The van der Waals surface area contributed by atoms with Crippen molar-refractivity contribution in [3.8, 4) is 0 Å². The number of carbonyl (C=O) groups is 2. The number of rotatable bonds is 3. The average Bonchev–Trinajstić information content (AvgIpc) is 2.84. The molecule has 1 fully saturated rings. The van der Waals surface area contributed by atoms with Crippen molar-refractivity contribution in [2.45, 2.75) is 33.1 Å². The molecule has 0 heterocycles. The number of methoxy groups -OCH3 is 1. The fourth-order valence-electron chi connectivity index (χ4n) is 3.19. The fraction of sp³-hybridized carbons (Fsp3) is 0.529. The molecule has 1 aliphatic carbocycles. The third-order valence-corrected chi connectivity index (χ3v) is 4.56. The zero-order valence-corrected chi connectivity index (χ0v) is 13.2. The molecule has 1 unspecified atom stereocenters. The Morgan fingerprint density at radius 1 is 1.29 bits per heavy atom. The molecule has 21 heavy (non-hydrogen) atoms. The minimum atomic E-state index is -0.420. The van der Waals surface area contributed by atoms with Crippen molar-refractivity contribution in [2.75, 3.05) is 19.1 Å². The summed E-state index contributed by atoms with van der Waals surface area (Å²) in [5.41, 5.74) is 1.05. The van der Waals surface area contributed by atoms with Crippen LogP contribution in [0.5, 0.6) is 0 Å². The highest BCUT2D eigenvalue weighted by atomic mass is 16.5. The van der Waals surface area contributed by atoms with E-state index in [4.69, 9.17) is 4.74 Å². The second kappa shape index (κ2) is 5.88. The zero-order valence-electron chi connectivity index (χ0n) is 13.2. The largest absolute Gasteiger partial charge is 0.465 e. The summed E-state index contributed by atoms with van der Waals surface area (Å²) in [6.07, 6.45) is 3.06. The molecule has 0 aromatic heterocycles. The first-order chi connectivity index (χ1) is 9.88. The van der Waals surface area contributed by atoms with Gasteiger partial charge in [0.2, 0.25) is 5.91 Å². The van der Waals surface area contributed by atoms with E-state index in [0.717, 1.165) is 19.3 Å². The highest BCUT2D eigenvalue weighted by Crippen LogP contribution is 2.43. The fourth-order valence-corrected chi connectivity index (χ4v) is 3.19. The van der Waals surface area contributed by atoms with Gasteiger partial charge < -0.3 is 9.64 Å². The molecule has 1 atom stereocenters. The van der Waals surface area contributed by atoms with E-state index in [0.29, 0.717) is 11.3 Å². The van der Waals surface area contributed by atoms with Crippen LogP contribution in [0.3, 0.4) is 0 Å². The topological polar surface area (TPSA) is 46.6 Å². The van der Waals surface area contributed by atoms with Crippen molar-refractivity contribution in [2.24, 2.45) is 11.3 Å². The Morgan fingerprint density at radius 3 is 2.52 bits per heavy atom. The van der Waals surface area contributed by atoms with Crippen molar-refractivity contribution < 1.29 is 14.3 Å². The van der Waals surface area contributed by atoms with Crippen LogP contribution >= 0.6 is 0 Å². The minimum absolute atomic E-state index is 0.00760. The number of anilines is 1. The lowest BCUT2D eigenvalue weighted by Crippen LogP contribution is -2.38. The van der Waals surface area contributed by atoms with E-state index >= 15 is 0 Å². The molecule has 4 heteroatoms. The van der Waals surface area contributed by atoms with Gasteiger partial charge in [-0.2, -0.15) is 0 Å². The Balaban J connectivity index is 2.30. The highest BCUT2D eigenvalue weighted by molar-refractivity contribution is 6.03. The Bertz CT molecular complexity index is 551. The van der Waals surface area contributed by atoms with E-state index in [9.17, 15) is 9.59 Å². The van der Waals surface area contributed by atoms with Gasteiger partial charge >= 0.3 is 5.97 Å². The van der Waals surface area contributed by atoms with E-state index in [1.807, 2.05) is 6.07 Å². The Hall–Kier alpha value is -1.84. The Morgan fingerprint density at radius 2 is 1.95 bits per heavy atom. The van der Waals surface area contributed by atoms with Crippen molar-refractivity contribution in [1.82, 2.24) is 0 Å². The molecule has 0 radical (unpaired) electrons. The normalized spacial score (nSPS) is 20.1. The van der Waals surface area contributed by atoms with Crippen LogP contribution in [0.4, 0.5) is 5.69 Å². The summed E-state index contributed by atoms with van der Waals surface area (Å²) in [5, 5.41) is 0. The minimum Gasteiger partial charge on any atom is -0.465 e. The second-order valence-electron chi connectivity index (χ2n) is 6.34. The number of amides is 1. The molecule has 1 saturated carbocycles. The summed E-state index contributed by atoms with van der Waals surface area (Å²) in [4.78, 5) is 26.2. The maximum absolute atomic E-state index is 12.8. The number of ether oxygens (including phenoxy) is 1. The summed E-state index contributed by atoms with van der Waals surface area (Å²) in [5.74, 6) is -0.335. The predicted octanol–water partition coefficient (Wildman–Crippen LogP) is 3.26. The van der Waals surface area contributed by atoms with Crippen molar-refractivity contribution in [3.05, 3.63) is 29.8 Å². The standard InChI is InChI=1S/C17H23NO3/c1-17(2)11-7-9-13(17)15(19)18(3)14-10-6-5-8-12(14)16(20)21-4/h5-6,8,10,13H,7,9,11H2,1-4H3. The van der Waals surface area contributed by atoms with Crippen LogP contribution < -0.4 is 4.90 Å². The lowest BCUT2D eigenvalue weighted by Gasteiger charge is -2.30. The van der Waals surface area contributed by atoms with Crippen molar-refractivity contribution >= 4 is 17.6 Å². The monoisotopic (exact) mass is 289 g/mol. The van der Waals surface area contributed by atoms with Crippen molar-refractivity contribution in [1.29, 1.82) is 0 Å². The number of hydrogen-bond donors (Lipinski definition) is 0. The van der Waals surface area contributed by atoms with Gasteiger partial charge in [0.1, 0.15) is 0 Å². The van der Waals surface area contributed by atoms with E-state index in [2.05, 4.69) is 13.8 Å². The maximum Gasteiger partial charge on any atom is 0.339 e. The van der Waals surface area contributed by atoms with Crippen LogP contribution in [0, 0.1) is 11.3 Å². The van der Waals surface area contributed by atoms with Gasteiger partial charge in [-0.1, -0.05) is 32.4 Å². The number of para-hydroxylation sites is 1. The quantitative estimate of drug-likeness (QED) is 0.802. The molecule has 4 nitrogen and oxygen atoms in total. The van der Waals surface area contributed by atoms with Crippen LogP contribution in [0.15, 0.2) is 24.3 Å². The van der Waals surface area contributed by atoms with Gasteiger partial charge in [-0.15, -0.1) is 0 Å².